The van der Waals surface area contributed by atoms with Crippen LogP contribution in [0.25, 0.3) is 0 Å². The molecule has 0 rings (SSSR count). The molecule has 6 nitrogen and oxygen atoms in total. The van der Waals surface area contributed by atoms with E-state index >= 15 is 0 Å². The molecule has 2 unspecified atom stereocenters. The Bertz CT molecular complexity index is 1090. The van der Waals surface area contributed by atoms with Crippen LogP contribution in [-0.4, -0.2) is 47.4 Å². The maximum atomic E-state index is 12.4. The Morgan fingerprint density at radius 2 is 0.855 bits per heavy atom. The molecular formula is C56H101NO5. The van der Waals surface area contributed by atoms with Crippen LogP contribution in [0.3, 0.4) is 0 Å². The fraction of sp³-hybridized carbons (Fsp3) is 0.786. The first-order chi connectivity index (χ1) is 30.5. The van der Waals surface area contributed by atoms with Crippen LogP contribution >= 0.6 is 0 Å². The van der Waals surface area contributed by atoms with Gasteiger partial charge in [0.05, 0.1) is 25.4 Å². The lowest BCUT2D eigenvalue weighted by Crippen LogP contribution is -2.45. The molecule has 3 N–H and O–H groups in total. The molecular weight excluding hydrogens is 767 g/mol. The quantitative estimate of drug-likeness (QED) is 0.0245. The summed E-state index contributed by atoms with van der Waals surface area (Å²) in [5, 5.41) is 23.0. The van der Waals surface area contributed by atoms with Crippen LogP contribution in [0.2, 0.25) is 0 Å². The molecule has 0 fully saturated rings. The number of aliphatic hydroxyl groups excluding tert-OH is 2. The number of rotatable bonds is 48. The Morgan fingerprint density at radius 3 is 1.35 bits per heavy atom. The molecule has 0 heterocycles. The summed E-state index contributed by atoms with van der Waals surface area (Å²) in [6.07, 6.45) is 65.1. The van der Waals surface area contributed by atoms with Crippen LogP contribution in [-0.2, 0) is 14.3 Å². The van der Waals surface area contributed by atoms with Crippen LogP contribution in [0, 0.1) is 0 Å². The zero-order valence-corrected chi connectivity index (χ0v) is 40.8. The maximum absolute atomic E-state index is 12.4. The molecule has 360 valence electrons. The third-order valence-electron chi connectivity index (χ3n) is 11.8. The summed E-state index contributed by atoms with van der Waals surface area (Å²) in [4.78, 5) is 24.4. The minimum Gasteiger partial charge on any atom is -0.466 e. The number of hydrogen-bond acceptors (Lipinski definition) is 5. The molecule has 1 amide bonds. The Hall–Kier alpha value is -2.44. The summed E-state index contributed by atoms with van der Waals surface area (Å²) in [6.45, 7) is 4.80. The first-order valence-electron chi connectivity index (χ1n) is 26.6. The number of hydrogen-bond donors (Lipinski definition) is 3. The molecule has 2 atom stereocenters. The zero-order chi connectivity index (χ0) is 45.1. The highest BCUT2D eigenvalue weighted by molar-refractivity contribution is 5.76. The van der Waals surface area contributed by atoms with Gasteiger partial charge in [0.2, 0.25) is 5.91 Å². The van der Waals surface area contributed by atoms with E-state index in [1.165, 1.54) is 141 Å². The summed E-state index contributed by atoms with van der Waals surface area (Å²) in [5.41, 5.74) is 0. The van der Waals surface area contributed by atoms with Crippen molar-refractivity contribution >= 4 is 11.9 Å². The maximum Gasteiger partial charge on any atom is 0.305 e. The molecule has 0 aliphatic rings. The molecule has 0 aromatic heterocycles. The lowest BCUT2D eigenvalue weighted by Gasteiger charge is -2.20. The standard InChI is InChI=1S/C56H101NO5/c1-3-5-7-9-11-13-15-16-22-26-30-34-38-42-46-50-56(61)62-51-47-43-39-35-31-27-24-21-19-17-18-20-23-25-29-33-37-41-45-49-55(60)57-53(52-58)54(59)48-44-40-36-32-28-14-12-10-8-6-4-2/h11,13,16,21-22,24,27,31,44,48,53-54,58-59H,3-10,12,14-15,17-20,23,25-26,28-30,32-43,45-47,49-52H2,1-2H3,(H,57,60)/b13-11-,22-16-,24-21-,31-27-,48-44+. The Balaban J connectivity index is 3.52. The second-order valence-corrected chi connectivity index (χ2v) is 17.9. The topological polar surface area (TPSA) is 95.9 Å². The smallest absolute Gasteiger partial charge is 0.305 e. The van der Waals surface area contributed by atoms with Gasteiger partial charge in [-0.2, -0.15) is 0 Å². The predicted octanol–water partition coefficient (Wildman–Crippen LogP) is 16.0. The van der Waals surface area contributed by atoms with Gasteiger partial charge in [0.15, 0.2) is 0 Å². The van der Waals surface area contributed by atoms with Crippen molar-refractivity contribution in [1.29, 1.82) is 0 Å². The highest BCUT2D eigenvalue weighted by atomic mass is 16.5. The van der Waals surface area contributed by atoms with Crippen molar-refractivity contribution in [1.82, 2.24) is 5.32 Å². The van der Waals surface area contributed by atoms with Gasteiger partial charge in [-0.25, -0.2) is 0 Å². The van der Waals surface area contributed by atoms with Gasteiger partial charge in [-0.15, -0.1) is 0 Å². The minimum atomic E-state index is -0.851. The van der Waals surface area contributed by atoms with Crippen LogP contribution in [0.5, 0.6) is 0 Å². The predicted molar refractivity (Wildman–Crippen MR) is 268 cm³/mol. The number of esters is 1. The van der Waals surface area contributed by atoms with Crippen molar-refractivity contribution in [2.24, 2.45) is 0 Å². The van der Waals surface area contributed by atoms with Crippen LogP contribution in [0.1, 0.15) is 258 Å². The number of carbonyl (C=O) groups is 2. The molecule has 0 aliphatic carbocycles. The van der Waals surface area contributed by atoms with E-state index in [2.05, 4.69) is 67.8 Å². The highest BCUT2D eigenvalue weighted by Gasteiger charge is 2.18. The molecule has 0 bridgehead atoms. The minimum absolute atomic E-state index is 0.0294. The highest BCUT2D eigenvalue weighted by Crippen LogP contribution is 2.14. The van der Waals surface area contributed by atoms with E-state index in [9.17, 15) is 19.8 Å². The zero-order valence-electron chi connectivity index (χ0n) is 40.8. The van der Waals surface area contributed by atoms with Crippen molar-refractivity contribution in [3.05, 3.63) is 60.8 Å². The number of unbranched alkanes of at least 4 members (excludes halogenated alkanes) is 30. The molecule has 0 saturated carbocycles. The van der Waals surface area contributed by atoms with E-state index in [0.29, 0.717) is 19.4 Å². The fourth-order valence-electron chi connectivity index (χ4n) is 7.65. The number of allylic oxidation sites excluding steroid dienone is 9. The van der Waals surface area contributed by atoms with Crippen LogP contribution < -0.4 is 5.32 Å². The second-order valence-electron chi connectivity index (χ2n) is 17.9. The summed E-state index contributed by atoms with van der Waals surface area (Å²) in [5.74, 6) is -0.111. The summed E-state index contributed by atoms with van der Waals surface area (Å²) >= 11 is 0. The SMILES string of the molecule is CCCCC/C=C\C/C=C\CCCCCCCC(=O)OCCCCC/C=C\C=C/CCCCCCCCCCCCC(=O)NC(CO)C(O)/C=C/CCCCCCCCCCC. The van der Waals surface area contributed by atoms with Crippen LogP contribution in [0.15, 0.2) is 60.8 Å². The van der Waals surface area contributed by atoms with Gasteiger partial charge in [0.1, 0.15) is 0 Å². The van der Waals surface area contributed by atoms with Crippen molar-refractivity contribution in [3.63, 3.8) is 0 Å². The summed E-state index contributed by atoms with van der Waals surface area (Å²) in [6, 6.07) is -0.635. The van der Waals surface area contributed by atoms with Gasteiger partial charge in [0.25, 0.3) is 0 Å². The largest absolute Gasteiger partial charge is 0.466 e. The third kappa shape index (κ3) is 47.0. The average molecular weight is 868 g/mol. The van der Waals surface area contributed by atoms with Crippen molar-refractivity contribution in [2.45, 2.75) is 270 Å². The molecule has 62 heavy (non-hydrogen) atoms. The fourth-order valence-corrected chi connectivity index (χ4v) is 7.65. The first kappa shape index (κ1) is 59.6. The molecule has 0 aromatic carbocycles. The molecule has 0 aromatic rings. The monoisotopic (exact) mass is 868 g/mol. The lowest BCUT2D eigenvalue weighted by molar-refractivity contribution is -0.143. The Morgan fingerprint density at radius 1 is 0.468 bits per heavy atom. The van der Waals surface area contributed by atoms with E-state index in [4.69, 9.17) is 4.74 Å². The molecule has 0 aliphatic heterocycles. The van der Waals surface area contributed by atoms with Gasteiger partial charge in [-0.05, 0) is 96.3 Å². The molecule has 0 radical (unpaired) electrons. The van der Waals surface area contributed by atoms with Gasteiger partial charge >= 0.3 is 5.97 Å². The van der Waals surface area contributed by atoms with Crippen LogP contribution in [0.4, 0.5) is 0 Å². The summed E-state index contributed by atoms with van der Waals surface area (Å²) in [7, 11) is 0. The van der Waals surface area contributed by atoms with Gasteiger partial charge in [-0.3, -0.25) is 9.59 Å². The first-order valence-corrected chi connectivity index (χ1v) is 26.6. The Kier molecular flexibility index (Phi) is 49.2. The number of nitrogens with one attached hydrogen (secondary N) is 1. The Labute approximate surface area is 384 Å². The van der Waals surface area contributed by atoms with Gasteiger partial charge in [0, 0.05) is 12.8 Å². The van der Waals surface area contributed by atoms with Gasteiger partial charge < -0.3 is 20.3 Å². The normalized spacial score (nSPS) is 13.2. The van der Waals surface area contributed by atoms with Crippen molar-refractivity contribution < 1.29 is 24.5 Å². The van der Waals surface area contributed by atoms with Gasteiger partial charge in [-0.1, -0.05) is 209 Å². The average Bonchev–Trinajstić information content (AvgIpc) is 3.27. The van der Waals surface area contributed by atoms with E-state index in [1.54, 1.807) is 6.08 Å². The van der Waals surface area contributed by atoms with Crippen molar-refractivity contribution in [3.8, 4) is 0 Å². The summed E-state index contributed by atoms with van der Waals surface area (Å²) < 4.78 is 5.44. The molecule has 6 heteroatoms. The second kappa shape index (κ2) is 51.2. The lowest BCUT2D eigenvalue weighted by atomic mass is 10.0. The van der Waals surface area contributed by atoms with E-state index in [1.807, 2.05) is 6.08 Å². The van der Waals surface area contributed by atoms with E-state index in [0.717, 1.165) is 89.9 Å². The number of carbonyl (C=O) groups excluding carboxylic acids is 2. The van der Waals surface area contributed by atoms with E-state index in [-0.39, 0.29) is 18.5 Å². The number of ether oxygens (including phenoxy) is 1. The van der Waals surface area contributed by atoms with Crippen molar-refractivity contribution in [2.75, 3.05) is 13.2 Å². The molecule has 0 saturated heterocycles. The third-order valence-corrected chi connectivity index (χ3v) is 11.8. The van der Waals surface area contributed by atoms with E-state index < -0.39 is 12.1 Å². The number of aliphatic hydroxyl groups is 2. The molecule has 0 spiro atoms. The number of amides is 1.